The SMILES string of the molecule is Cc1ccc(F)cc1C(=O)c1sc2cc(O)ccc2c1-c1ccc(-c2nc(O)cs2)cc1. The minimum atomic E-state index is -0.463. The van der Waals surface area contributed by atoms with Crippen LogP contribution in [0.5, 0.6) is 11.6 Å². The van der Waals surface area contributed by atoms with Crippen molar-refractivity contribution in [1.82, 2.24) is 4.98 Å². The number of rotatable bonds is 4. The fourth-order valence-corrected chi connectivity index (χ4v) is 5.57. The van der Waals surface area contributed by atoms with Crippen LogP contribution in [0.25, 0.3) is 31.8 Å². The number of nitrogens with zero attached hydrogens (tertiary/aromatic N) is 1. The Labute approximate surface area is 190 Å². The Balaban J connectivity index is 1.68. The molecule has 0 saturated heterocycles. The van der Waals surface area contributed by atoms with Gasteiger partial charge in [0.05, 0.1) is 10.3 Å². The standard InChI is InChI=1S/C25H16FNO3S2/c1-13-2-7-16(26)10-19(13)23(30)24-22(18-9-8-17(28)11-20(18)32-24)14-3-5-15(6-4-14)25-27-21(29)12-31-25/h2-12,28-29H,1H3. The second-order valence-corrected chi connectivity index (χ2v) is 9.27. The molecule has 4 nitrogen and oxygen atoms in total. The third-order valence-corrected chi connectivity index (χ3v) is 7.27. The van der Waals surface area contributed by atoms with E-state index >= 15 is 0 Å². The Morgan fingerprint density at radius 1 is 0.969 bits per heavy atom. The monoisotopic (exact) mass is 461 g/mol. The van der Waals surface area contributed by atoms with E-state index in [-0.39, 0.29) is 17.4 Å². The summed E-state index contributed by atoms with van der Waals surface area (Å²) in [6, 6.07) is 16.8. The molecule has 5 rings (SSSR count). The van der Waals surface area contributed by atoms with Crippen molar-refractivity contribution < 1.29 is 19.4 Å². The van der Waals surface area contributed by atoms with Crippen LogP contribution in [0.3, 0.4) is 0 Å². The van der Waals surface area contributed by atoms with Gasteiger partial charge in [0.25, 0.3) is 0 Å². The maximum absolute atomic E-state index is 13.9. The molecule has 5 aromatic rings. The summed E-state index contributed by atoms with van der Waals surface area (Å²) in [4.78, 5) is 18.1. The number of thiazole rings is 1. The second-order valence-electron chi connectivity index (χ2n) is 7.36. The van der Waals surface area contributed by atoms with E-state index in [4.69, 9.17) is 0 Å². The third-order valence-electron chi connectivity index (χ3n) is 5.24. The van der Waals surface area contributed by atoms with Crippen molar-refractivity contribution in [2.24, 2.45) is 0 Å². The lowest BCUT2D eigenvalue weighted by atomic mass is 9.96. The first-order valence-electron chi connectivity index (χ1n) is 9.72. The number of benzene rings is 3. The lowest BCUT2D eigenvalue weighted by Gasteiger charge is -2.08. The number of ketones is 1. The van der Waals surface area contributed by atoms with Gasteiger partial charge in [0.2, 0.25) is 11.7 Å². The van der Waals surface area contributed by atoms with Crippen molar-refractivity contribution in [3.8, 4) is 33.3 Å². The molecule has 0 amide bonds. The highest BCUT2D eigenvalue weighted by atomic mass is 32.1. The molecule has 0 spiro atoms. The average Bonchev–Trinajstić information content (AvgIpc) is 3.38. The predicted octanol–water partition coefficient (Wildman–Crippen LogP) is 6.78. The number of hydrogen-bond donors (Lipinski definition) is 2. The molecule has 0 radical (unpaired) electrons. The quantitative estimate of drug-likeness (QED) is 0.289. The Bertz CT molecular complexity index is 1490. The van der Waals surface area contributed by atoms with Crippen LogP contribution in [0.2, 0.25) is 0 Å². The van der Waals surface area contributed by atoms with Gasteiger partial charge < -0.3 is 10.2 Å². The number of aryl methyl sites for hydroxylation is 1. The molecule has 0 aliphatic carbocycles. The highest BCUT2D eigenvalue weighted by Gasteiger charge is 2.23. The molecular formula is C25H16FNO3S2. The maximum Gasteiger partial charge on any atom is 0.222 e. The molecule has 0 saturated carbocycles. The van der Waals surface area contributed by atoms with E-state index in [1.807, 2.05) is 24.3 Å². The predicted molar refractivity (Wildman–Crippen MR) is 126 cm³/mol. The minimum Gasteiger partial charge on any atom is -0.508 e. The van der Waals surface area contributed by atoms with E-state index in [0.29, 0.717) is 21.0 Å². The lowest BCUT2D eigenvalue weighted by Crippen LogP contribution is -2.04. The van der Waals surface area contributed by atoms with Gasteiger partial charge in [-0.05, 0) is 48.4 Å². The van der Waals surface area contributed by atoms with E-state index in [2.05, 4.69) is 4.98 Å². The maximum atomic E-state index is 13.9. The fraction of sp³-hybridized carbons (Fsp3) is 0.0400. The molecule has 0 unspecified atom stereocenters. The largest absolute Gasteiger partial charge is 0.508 e. The number of phenols is 1. The molecule has 0 atom stereocenters. The van der Waals surface area contributed by atoms with Crippen LogP contribution < -0.4 is 0 Å². The molecule has 2 N–H and O–H groups in total. The van der Waals surface area contributed by atoms with Crippen LogP contribution in [0.1, 0.15) is 20.8 Å². The van der Waals surface area contributed by atoms with Gasteiger partial charge in [-0.1, -0.05) is 30.3 Å². The van der Waals surface area contributed by atoms with E-state index < -0.39 is 5.82 Å². The third kappa shape index (κ3) is 3.55. The van der Waals surface area contributed by atoms with Crippen LogP contribution in [-0.2, 0) is 0 Å². The number of thiophene rings is 1. The number of aromatic nitrogens is 1. The molecule has 0 aliphatic heterocycles. The van der Waals surface area contributed by atoms with Crippen molar-refractivity contribution in [2.75, 3.05) is 0 Å². The van der Waals surface area contributed by atoms with E-state index in [0.717, 1.165) is 26.8 Å². The Kier molecular flexibility index (Phi) is 5.00. The number of fused-ring (bicyclic) bond motifs is 1. The summed E-state index contributed by atoms with van der Waals surface area (Å²) in [6.45, 7) is 1.78. The molecule has 0 fully saturated rings. The van der Waals surface area contributed by atoms with Crippen LogP contribution in [-0.4, -0.2) is 21.0 Å². The number of phenolic OH excluding ortho intramolecular Hbond substituents is 1. The zero-order valence-electron chi connectivity index (χ0n) is 16.8. The van der Waals surface area contributed by atoms with Crippen molar-refractivity contribution >= 4 is 38.5 Å². The number of aromatic hydroxyl groups is 2. The Morgan fingerprint density at radius 2 is 1.72 bits per heavy atom. The number of halogens is 1. The zero-order chi connectivity index (χ0) is 22.4. The molecule has 0 aliphatic rings. The van der Waals surface area contributed by atoms with Crippen LogP contribution in [0, 0.1) is 12.7 Å². The minimum absolute atomic E-state index is 0.0175. The average molecular weight is 462 g/mol. The molecule has 32 heavy (non-hydrogen) atoms. The smallest absolute Gasteiger partial charge is 0.222 e. The summed E-state index contributed by atoms with van der Waals surface area (Å²) in [5.41, 5.74) is 3.43. The first kappa shape index (κ1) is 20.4. The normalized spacial score (nSPS) is 11.2. The summed E-state index contributed by atoms with van der Waals surface area (Å²) in [6.07, 6.45) is 0. The van der Waals surface area contributed by atoms with Crippen molar-refractivity contribution in [3.63, 3.8) is 0 Å². The van der Waals surface area contributed by atoms with Crippen molar-refractivity contribution in [1.29, 1.82) is 0 Å². The van der Waals surface area contributed by atoms with Crippen LogP contribution in [0.4, 0.5) is 4.39 Å². The van der Waals surface area contributed by atoms with Gasteiger partial charge in [0.1, 0.15) is 16.6 Å². The van der Waals surface area contributed by atoms with E-state index in [1.54, 1.807) is 36.6 Å². The van der Waals surface area contributed by atoms with Gasteiger partial charge in [0, 0.05) is 26.8 Å². The highest BCUT2D eigenvalue weighted by molar-refractivity contribution is 7.21. The molecule has 0 bridgehead atoms. The van der Waals surface area contributed by atoms with Gasteiger partial charge in [0.15, 0.2) is 0 Å². The number of carbonyl (C=O) groups excluding carboxylic acids is 1. The molecular weight excluding hydrogens is 445 g/mol. The van der Waals surface area contributed by atoms with Crippen LogP contribution in [0.15, 0.2) is 66.0 Å². The summed E-state index contributed by atoms with van der Waals surface area (Å²) in [7, 11) is 0. The first-order valence-corrected chi connectivity index (χ1v) is 11.4. The highest BCUT2D eigenvalue weighted by Crippen LogP contribution is 2.42. The van der Waals surface area contributed by atoms with Crippen LogP contribution >= 0.6 is 22.7 Å². The topological polar surface area (TPSA) is 70.4 Å². The first-order chi connectivity index (χ1) is 15.4. The van der Waals surface area contributed by atoms with Gasteiger partial charge >= 0.3 is 0 Å². The van der Waals surface area contributed by atoms with E-state index in [1.165, 1.54) is 34.8 Å². The molecule has 2 aromatic heterocycles. The van der Waals surface area contributed by atoms with Gasteiger partial charge in [-0.25, -0.2) is 9.37 Å². The molecule has 7 heteroatoms. The van der Waals surface area contributed by atoms with Crippen molar-refractivity contribution in [3.05, 3.63) is 87.9 Å². The summed E-state index contributed by atoms with van der Waals surface area (Å²) in [5, 5.41) is 22.6. The second kappa shape index (κ2) is 7.85. The number of hydrogen-bond acceptors (Lipinski definition) is 6. The number of carbonyl (C=O) groups is 1. The Morgan fingerprint density at radius 3 is 2.44 bits per heavy atom. The molecule has 2 heterocycles. The van der Waals surface area contributed by atoms with E-state index in [9.17, 15) is 19.4 Å². The Hall–Kier alpha value is -3.55. The van der Waals surface area contributed by atoms with Gasteiger partial charge in [-0.15, -0.1) is 22.7 Å². The molecule has 158 valence electrons. The molecule has 3 aromatic carbocycles. The zero-order valence-corrected chi connectivity index (χ0v) is 18.4. The van der Waals surface area contributed by atoms with Gasteiger partial charge in [-0.2, -0.15) is 0 Å². The lowest BCUT2D eigenvalue weighted by molar-refractivity contribution is 0.104. The summed E-state index contributed by atoms with van der Waals surface area (Å²) in [5.74, 6) is -0.622. The summed E-state index contributed by atoms with van der Waals surface area (Å²) < 4.78 is 14.7. The van der Waals surface area contributed by atoms with Crippen molar-refractivity contribution in [2.45, 2.75) is 6.92 Å². The fourth-order valence-electron chi connectivity index (χ4n) is 3.67. The van der Waals surface area contributed by atoms with Gasteiger partial charge in [-0.3, -0.25) is 4.79 Å². The summed E-state index contributed by atoms with van der Waals surface area (Å²) >= 11 is 2.62.